The van der Waals surface area contributed by atoms with Crippen LogP contribution in [-0.4, -0.2) is 41.2 Å². The second-order valence-corrected chi connectivity index (χ2v) is 8.63. The number of esters is 1. The van der Waals surface area contributed by atoms with Gasteiger partial charge < -0.3 is 14.8 Å². The van der Waals surface area contributed by atoms with Crippen molar-refractivity contribution in [2.24, 2.45) is 0 Å². The van der Waals surface area contributed by atoms with Crippen LogP contribution in [0.2, 0.25) is 0 Å². The average molecular weight is 496 g/mol. The zero-order valence-corrected chi connectivity index (χ0v) is 19.7. The Bertz CT molecular complexity index is 1080. The molecular weight excluding hydrogens is 472 g/mol. The van der Waals surface area contributed by atoms with Crippen molar-refractivity contribution in [2.45, 2.75) is 33.3 Å². The van der Waals surface area contributed by atoms with Gasteiger partial charge in [-0.1, -0.05) is 6.07 Å². The molecule has 0 aliphatic heterocycles. The highest BCUT2D eigenvalue weighted by molar-refractivity contribution is 8.13. The second-order valence-electron chi connectivity index (χ2n) is 7.60. The minimum absolute atomic E-state index is 0.0578. The Hall–Kier alpha value is -3.56. The molecule has 0 spiro atoms. The van der Waals surface area contributed by atoms with E-state index in [9.17, 15) is 23.2 Å². The van der Waals surface area contributed by atoms with E-state index < -0.39 is 28.5 Å². The molecule has 0 aliphatic carbocycles. The monoisotopic (exact) mass is 495 g/mol. The third-order valence-corrected chi connectivity index (χ3v) is 4.46. The number of hydrogen-bond donors (Lipinski definition) is 1. The number of thioether (sulfide) groups is 1. The number of ether oxygens (including phenoxy) is 2. The summed E-state index contributed by atoms with van der Waals surface area (Å²) in [6.07, 6.45) is 0.250. The van der Waals surface area contributed by atoms with E-state index in [4.69, 9.17) is 19.1 Å². The summed E-state index contributed by atoms with van der Waals surface area (Å²) in [6.45, 7) is 6.67. The molecule has 0 saturated carbocycles. The first-order chi connectivity index (χ1) is 15.9. The van der Waals surface area contributed by atoms with Gasteiger partial charge in [0, 0.05) is 30.9 Å². The summed E-state index contributed by atoms with van der Waals surface area (Å²) >= 11 is 0.822. The zero-order chi connectivity index (χ0) is 25.9. The molecule has 2 aromatic carbocycles. The molecule has 0 aliphatic rings. The van der Waals surface area contributed by atoms with Crippen LogP contribution in [0.1, 0.15) is 38.1 Å². The molecular formula is C23H23F2NO7S. The van der Waals surface area contributed by atoms with Crippen LogP contribution in [0.4, 0.5) is 13.6 Å². The van der Waals surface area contributed by atoms with Gasteiger partial charge in [0.1, 0.15) is 28.5 Å². The topological polar surface area (TPSA) is 116 Å². The van der Waals surface area contributed by atoms with Crippen molar-refractivity contribution in [3.8, 4) is 16.9 Å². The zero-order valence-electron chi connectivity index (χ0n) is 18.9. The fourth-order valence-electron chi connectivity index (χ4n) is 2.48. The van der Waals surface area contributed by atoms with E-state index in [1.165, 1.54) is 31.2 Å². The lowest BCUT2D eigenvalue weighted by molar-refractivity contribution is -0.191. The second kappa shape index (κ2) is 13.2. The average Bonchev–Trinajstić information content (AvgIpc) is 2.71. The quantitative estimate of drug-likeness (QED) is 0.464. The molecule has 0 heterocycles. The van der Waals surface area contributed by atoms with Gasteiger partial charge in [0.25, 0.3) is 0 Å². The SMILES string of the molecule is CC(=O)NCCSC(=O)Oc1ccc(-c2ccc(F)cc2F)cc1C(=O)OC(C)(C)C.O=C=O. The van der Waals surface area contributed by atoms with Crippen LogP contribution < -0.4 is 10.1 Å². The van der Waals surface area contributed by atoms with E-state index in [2.05, 4.69) is 5.32 Å². The molecule has 34 heavy (non-hydrogen) atoms. The van der Waals surface area contributed by atoms with Crippen LogP contribution in [0.3, 0.4) is 0 Å². The number of carbonyl (C=O) groups excluding carboxylic acids is 5. The van der Waals surface area contributed by atoms with Crippen LogP contribution in [0.25, 0.3) is 11.1 Å². The molecule has 2 rings (SSSR count). The summed E-state index contributed by atoms with van der Waals surface area (Å²) in [6, 6.07) is 7.23. The Morgan fingerprint density at radius 1 is 1.06 bits per heavy atom. The molecule has 8 nitrogen and oxygen atoms in total. The van der Waals surface area contributed by atoms with Gasteiger partial charge >= 0.3 is 17.4 Å². The maximum absolute atomic E-state index is 14.2. The van der Waals surface area contributed by atoms with Gasteiger partial charge in [-0.3, -0.25) is 4.79 Å². The fraction of sp³-hybridized carbons (Fsp3) is 0.304. The predicted molar refractivity (Wildman–Crippen MR) is 119 cm³/mol. The Morgan fingerprint density at radius 3 is 2.26 bits per heavy atom. The van der Waals surface area contributed by atoms with Crippen molar-refractivity contribution < 1.29 is 42.2 Å². The first kappa shape index (κ1) is 28.5. The number of carbonyl (C=O) groups is 3. The standard InChI is InChI=1S/C22H23F2NO5S.CO2/c1-13(26)25-9-10-31-21(28)29-19-8-5-14(16-7-6-15(23)12-18(16)24)11-17(19)20(27)30-22(2,3)4;2-1-3/h5-8,11-12H,9-10H2,1-4H3,(H,25,26);. The van der Waals surface area contributed by atoms with Gasteiger partial charge in [0.05, 0.1) is 0 Å². The van der Waals surface area contributed by atoms with E-state index in [-0.39, 0.29) is 46.8 Å². The molecule has 0 aromatic heterocycles. The molecule has 0 atom stereocenters. The highest BCUT2D eigenvalue weighted by Crippen LogP contribution is 2.31. The van der Waals surface area contributed by atoms with Crippen LogP contribution in [0.15, 0.2) is 36.4 Å². The summed E-state index contributed by atoms with van der Waals surface area (Å²) in [5.41, 5.74) is -0.528. The number of hydrogen-bond acceptors (Lipinski definition) is 8. The van der Waals surface area contributed by atoms with Crippen molar-refractivity contribution in [1.29, 1.82) is 0 Å². The smallest absolute Gasteiger partial charge is 0.373 e. The summed E-state index contributed by atoms with van der Waals surface area (Å²) in [4.78, 5) is 52.0. The van der Waals surface area contributed by atoms with Crippen LogP contribution in [0, 0.1) is 11.6 Å². The van der Waals surface area contributed by atoms with Crippen molar-refractivity contribution in [2.75, 3.05) is 12.3 Å². The largest absolute Gasteiger partial charge is 0.456 e. The van der Waals surface area contributed by atoms with Gasteiger partial charge in [-0.15, -0.1) is 0 Å². The third-order valence-electron chi connectivity index (χ3n) is 3.73. The third kappa shape index (κ3) is 9.93. The molecule has 0 unspecified atom stereocenters. The van der Waals surface area contributed by atoms with Crippen molar-refractivity contribution in [1.82, 2.24) is 5.32 Å². The maximum Gasteiger partial charge on any atom is 0.373 e. The number of amides is 1. The molecule has 0 fully saturated rings. The molecule has 182 valence electrons. The molecule has 11 heteroatoms. The molecule has 1 amide bonds. The number of halogens is 2. The molecule has 1 N–H and O–H groups in total. The summed E-state index contributed by atoms with van der Waals surface area (Å²) in [7, 11) is 0. The lowest BCUT2D eigenvalue weighted by Crippen LogP contribution is -2.24. The minimum Gasteiger partial charge on any atom is -0.456 e. The highest BCUT2D eigenvalue weighted by Gasteiger charge is 2.23. The van der Waals surface area contributed by atoms with E-state index in [1.54, 1.807) is 20.8 Å². The lowest BCUT2D eigenvalue weighted by Gasteiger charge is -2.20. The van der Waals surface area contributed by atoms with Crippen molar-refractivity contribution in [3.05, 3.63) is 53.6 Å². The first-order valence-electron chi connectivity index (χ1n) is 9.79. The summed E-state index contributed by atoms with van der Waals surface area (Å²) < 4.78 is 38.1. The normalized spacial score (nSPS) is 10.3. The van der Waals surface area contributed by atoms with E-state index >= 15 is 0 Å². The van der Waals surface area contributed by atoms with Crippen LogP contribution in [-0.2, 0) is 19.1 Å². The van der Waals surface area contributed by atoms with Gasteiger partial charge in [0.15, 0.2) is 0 Å². The number of rotatable bonds is 6. The van der Waals surface area contributed by atoms with Crippen molar-refractivity contribution >= 4 is 35.1 Å². The Balaban J connectivity index is 0.00000182. The Labute approximate surface area is 199 Å². The summed E-state index contributed by atoms with van der Waals surface area (Å²) in [5.74, 6) is -2.28. The molecule has 0 radical (unpaired) electrons. The van der Waals surface area contributed by atoms with Gasteiger partial charge in [-0.25, -0.2) is 18.4 Å². The summed E-state index contributed by atoms with van der Waals surface area (Å²) in [5, 5.41) is 1.87. The predicted octanol–water partition coefficient (Wildman–Crippen LogP) is 4.37. The Kier molecular flexibility index (Phi) is 11.1. The first-order valence-corrected chi connectivity index (χ1v) is 10.8. The fourth-order valence-corrected chi connectivity index (χ4v) is 3.00. The molecule has 0 saturated heterocycles. The minimum atomic E-state index is -0.817. The van der Waals surface area contributed by atoms with Gasteiger partial charge in [-0.2, -0.15) is 9.59 Å². The highest BCUT2D eigenvalue weighted by atomic mass is 32.2. The molecule has 2 aromatic rings. The number of benzene rings is 2. The van der Waals surface area contributed by atoms with Crippen LogP contribution >= 0.6 is 11.8 Å². The number of nitrogens with one attached hydrogen (secondary N) is 1. The molecule has 0 bridgehead atoms. The van der Waals surface area contributed by atoms with E-state index in [0.29, 0.717) is 0 Å². The maximum atomic E-state index is 14.2. The van der Waals surface area contributed by atoms with Crippen molar-refractivity contribution in [3.63, 3.8) is 0 Å². The van der Waals surface area contributed by atoms with E-state index in [1.807, 2.05) is 0 Å². The van der Waals surface area contributed by atoms with Gasteiger partial charge in [-0.05, 0) is 62.4 Å². The Morgan fingerprint density at radius 2 is 1.71 bits per heavy atom. The van der Waals surface area contributed by atoms with Gasteiger partial charge in [0.2, 0.25) is 5.91 Å². The lowest BCUT2D eigenvalue weighted by atomic mass is 10.0. The van der Waals surface area contributed by atoms with E-state index in [0.717, 1.165) is 23.9 Å². The van der Waals surface area contributed by atoms with Crippen LogP contribution in [0.5, 0.6) is 5.75 Å².